The molecule has 1 N–H and O–H groups in total. The molecule has 7 heteroatoms. The van der Waals surface area contributed by atoms with E-state index >= 15 is 0 Å². The smallest absolute Gasteiger partial charge is 0.137 e. The van der Waals surface area contributed by atoms with Crippen LogP contribution < -0.4 is 0 Å². The highest BCUT2D eigenvalue weighted by atomic mass is 16.5. The van der Waals surface area contributed by atoms with Crippen LogP contribution in [0.3, 0.4) is 0 Å². The van der Waals surface area contributed by atoms with Crippen molar-refractivity contribution in [2.75, 3.05) is 52.5 Å². The average molecular weight is 309 g/mol. The lowest BCUT2D eigenvalue weighted by Crippen LogP contribution is -2.47. The van der Waals surface area contributed by atoms with E-state index < -0.39 is 0 Å². The highest BCUT2D eigenvalue weighted by Gasteiger charge is 2.23. The number of nitrogens with zero attached hydrogens (tertiary/aromatic N) is 5. The molecule has 1 aromatic rings. The molecule has 3 heterocycles. The number of morpholine rings is 1. The minimum Gasteiger partial charge on any atom is -0.390 e. The number of aromatic nitrogens is 3. The Balaban J connectivity index is 1.41. The van der Waals surface area contributed by atoms with Gasteiger partial charge >= 0.3 is 0 Å². The zero-order valence-corrected chi connectivity index (χ0v) is 13.2. The van der Waals surface area contributed by atoms with E-state index in [1.54, 1.807) is 12.7 Å². The van der Waals surface area contributed by atoms with Crippen LogP contribution in [-0.4, -0.2) is 88.3 Å². The van der Waals surface area contributed by atoms with Crippen molar-refractivity contribution in [1.82, 2.24) is 24.6 Å². The quantitative estimate of drug-likeness (QED) is 0.777. The number of piperidine rings is 1. The SMILES string of the molecule is OC(CN1CCOCC1)CN1CCCC(Cn2cncn2)C1. The van der Waals surface area contributed by atoms with Crippen LogP contribution in [-0.2, 0) is 11.3 Å². The van der Waals surface area contributed by atoms with Crippen molar-refractivity contribution in [2.45, 2.75) is 25.5 Å². The zero-order valence-electron chi connectivity index (χ0n) is 13.2. The maximum atomic E-state index is 10.3. The van der Waals surface area contributed by atoms with Gasteiger partial charge in [-0.15, -0.1) is 0 Å². The number of β-amino-alcohol motifs (C(OH)–C–C–N with tert-alkyl or cyclic N) is 1. The van der Waals surface area contributed by atoms with Gasteiger partial charge < -0.3 is 14.7 Å². The molecule has 0 aromatic carbocycles. The first-order valence-electron chi connectivity index (χ1n) is 8.32. The molecule has 0 bridgehead atoms. The molecule has 0 amide bonds. The Hall–Kier alpha value is -1.02. The van der Waals surface area contributed by atoms with Gasteiger partial charge in [-0.25, -0.2) is 4.98 Å². The van der Waals surface area contributed by atoms with Crippen molar-refractivity contribution < 1.29 is 9.84 Å². The summed E-state index contributed by atoms with van der Waals surface area (Å²) < 4.78 is 7.26. The van der Waals surface area contributed by atoms with Crippen molar-refractivity contribution >= 4 is 0 Å². The summed E-state index contributed by atoms with van der Waals surface area (Å²) in [5.74, 6) is 0.603. The second kappa shape index (κ2) is 8.01. The van der Waals surface area contributed by atoms with Gasteiger partial charge in [-0.3, -0.25) is 9.58 Å². The molecule has 2 aliphatic rings. The standard InChI is InChI=1S/C15H27N5O2/c21-15(10-18-4-6-22-7-5-18)11-19-3-1-2-14(8-19)9-20-13-16-12-17-20/h12-15,21H,1-11H2. The van der Waals surface area contributed by atoms with Crippen molar-refractivity contribution in [1.29, 1.82) is 0 Å². The monoisotopic (exact) mass is 309 g/mol. The van der Waals surface area contributed by atoms with E-state index in [0.29, 0.717) is 5.92 Å². The van der Waals surface area contributed by atoms with E-state index in [1.807, 2.05) is 4.68 Å². The fourth-order valence-corrected chi connectivity index (χ4v) is 3.50. The van der Waals surface area contributed by atoms with E-state index in [1.165, 1.54) is 12.8 Å². The van der Waals surface area contributed by atoms with Gasteiger partial charge in [0.1, 0.15) is 12.7 Å². The number of likely N-dealkylation sites (tertiary alicyclic amines) is 1. The Kier molecular flexibility index (Phi) is 5.77. The summed E-state index contributed by atoms with van der Waals surface area (Å²) in [5.41, 5.74) is 0. The molecule has 3 rings (SSSR count). The first-order chi connectivity index (χ1) is 10.8. The third-order valence-electron chi connectivity index (χ3n) is 4.56. The predicted octanol–water partition coefficient (Wildman–Crippen LogP) is -0.317. The second-order valence-electron chi connectivity index (χ2n) is 6.45. The maximum Gasteiger partial charge on any atom is 0.137 e. The number of aliphatic hydroxyl groups is 1. The van der Waals surface area contributed by atoms with Crippen LogP contribution >= 0.6 is 0 Å². The number of rotatable bonds is 6. The molecule has 2 unspecified atom stereocenters. The molecule has 2 saturated heterocycles. The Morgan fingerprint density at radius 2 is 2.00 bits per heavy atom. The minimum absolute atomic E-state index is 0.275. The molecule has 1 aromatic heterocycles. The van der Waals surface area contributed by atoms with Crippen LogP contribution in [0.2, 0.25) is 0 Å². The van der Waals surface area contributed by atoms with Gasteiger partial charge in [0, 0.05) is 39.3 Å². The van der Waals surface area contributed by atoms with Crippen LogP contribution in [0.15, 0.2) is 12.7 Å². The second-order valence-corrected chi connectivity index (χ2v) is 6.45. The highest BCUT2D eigenvalue weighted by Crippen LogP contribution is 2.18. The molecule has 2 fully saturated rings. The molecule has 22 heavy (non-hydrogen) atoms. The first-order valence-corrected chi connectivity index (χ1v) is 8.32. The molecule has 2 atom stereocenters. The minimum atomic E-state index is -0.275. The summed E-state index contributed by atoms with van der Waals surface area (Å²) in [7, 11) is 0. The number of hydrogen-bond acceptors (Lipinski definition) is 6. The zero-order chi connectivity index (χ0) is 15.2. The number of aliphatic hydroxyl groups excluding tert-OH is 1. The predicted molar refractivity (Wildman–Crippen MR) is 82.5 cm³/mol. The Bertz CT molecular complexity index is 422. The summed E-state index contributed by atoms with van der Waals surface area (Å²) in [4.78, 5) is 8.70. The number of hydrogen-bond donors (Lipinski definition) is 1. The fraction of sp³-hybridized carbons (Fsp3) is 0.867. The Morgan fingerprint density at radius 1 is 1.18 bits per heavy atom. The maximum absolute atomic E-state index is 10.3. The Labute approximate surface area is 131 Å². The van der Waals surface area contributed by atoms with Gasteiger partial charge in [-0.1, -0.05) is 0 Å². The first kappa shape index (κ1) is 15.9. The number of ether oxygens (including phenoxy) is 1. The average Bonchev–Trinajstić information content (AvgIpc) is 3.01. The van der Waals surface area contributed by atoms with E-state index in [-0.39, 0.29) is 6.10 Å². The van der Waals surface area contributed by atoms with E-state index in [9.17, 15) is 5.11 Å². The largest absolute Gasteiger partial charge is 0.390 e. The van der Waals surface area contributed by atoms with Crippen molar-refractivity contribution in [3.05, 3.63) is 12.7 Å². The van der Waals surface area contributed by atoms with Gasteiger partial charge in [0.15, 0.2) is 0 Å². The molecule has 124 valence electrons. The molecule has 0 spiro atoms. The van der Waals surface area contributed by atoms with Gasteiger partial charge in [0.2, 0.25) is 0 Å². The fourth-order valence-electron chi connectivity index (χ4n) is 3.50. The summed E-state index contributed by atoms with van der Waals surface area (Å²) in [6.45, 7) is 8.04. The molecule has 7 nitrogen and oxygen atoms in total. The summed E-state index contributed by atoms with van der Waals surface area (Å²) >= 11 is 0. The normalized spacial score (nSPS) is 26.1. The van der Waals surface area contributed by atoms with Gasteiger partial charge in [0.25, 0.3) is 0 Å². The lowest BCUT2D eigenvalue weighted by Gasteiger charge is -2.35. The van der Waals surface area contributed by atoms with Crippen LogP contribution in [0.4, 0.5) is 0 Å². The summed E-state index contributed by atoms with van der Waals surface area (Å²) in [6.07, 6.45) is 5.53. The Morgan fingerprint density at radius 3 is 2.77 bits per heavy atom. The lowest BCUT2D eigenvalue weighted by atomic mass is 9.98. The van der Waals surface area contributed by atoms with Crippen LogP contribution in [0.25, 0.3) is 0 Å². The van der Waals surface area contributed by atoms with Gasteiger partial charge in [-0.2, -0.15) is 5.10 Å². The summed E-state index contributed by atoms with van der Waals surface area (Å²) in [6, 6.07) is 0. The topological polar surface area (TPSA) is 66.7 Å². The van der Waals surface area contributed by atoms with E-state index in [0.717, 1.165) is 59.0 Å². The van der Waals surface area contributed by atoms with E-state index in [4.69, 9.17) is 4.74 Å². The molecule has 0 saturated carbocycles. The van der Waals surface area contributed by atoms with Crippen LogP contribution in [0, 0.1) is 5.92 Å². The van der Waals surface area contributed by atoms with E-state index in [2.05, 4.69) is 19.9 Å². The van der Waals surface area contributed by atoms with Crippen molar-refractivity contribution in [3.8, 4) is 0 Å². The highest BCUT2D eigenvalue weighted by molar-refractivity contribution is 4.77. The van der Waals surface area contributed by atoms with Crippen LogP contribution in [0.1, 0.15) is 12.8 Å². The van der Waals surface area contributed by atoms with Gasteiger partial charge in [0.05, 0.1) is 19.3 Å². The molecule has 0 aliphatic carbocycles. The van der Waals surface area contributed by atoms with Crippen molar-refractivity contribution in [2.24, 2.45) is 5.92 Å². The van der Waals surface area contributed by atoms with Crippen molar-refractivity contribution in [3.63, 3.8) is 0 Å². The third kappa shape index (κ3) is 4.74. The van der Waals surface area contributed by atoms with Gasteiger partial charge in [-0.05, 0) is 25.3 Å². The summed E-state index contributed by atoms with van der Waals surface area (Å²) in [5, 5.41) is 14.5. The molecular weight excluding hydrogens is 282 g/mol. The third-order valence-corrected chi connectivity index (χ3v) is 4.56. The lowest BCUT2D eigenvalue weighted by molar-refractivity contribution is 0.00292. The molecule has 0 radical (unpaired) electrons. The molecule has 2 aliphatic heterocycles. The molecular formula is C15H27N5O2. The van der Waals surface area contributed by atoms with Crippen LogP contribution in [0.5, 0.6) is 0 Å².